The third-order valence-electron chi connectivity index (χ3n) is 3.38. The summed E-state index contributed by atoms with van der Waals surface area (Å²) in [7, 11) is 0. The van der Waals surface area contributed by atoms with Crippen molar-refractivity contribution < 1.29 is 13.7 Å². The van der Waals surface area contributed by atoms with Gasteiger partial charge in [0.1, 0.15) is 23.5 Å². The fourth-order valence-electron chi connectivity index (χ4n) is 2.14. The van der Waals surface area contributed by atoms with Gasteiger partial charge in [0.25, 0.3) is 0 Å². The van der Waals surface area contributed by atoms with Crippen LogP contribution in [0.3, 0.4) is 0 Å². The van der Waals surface area contributed by atoms with Crippen LogP contribution in [-0.2, 0) is 13.0 Å². The minimum absolute atomic E-state index is 0.173. The van der Waals surface area contributed by atoms with E-state index in [1.807, 2.05) is 19.1 Å². The Balaban J connectivity index is 2.02. The Bertz CT molecular complexity index is 596. The Morgan fingerprint density at radius 1 is 1.32 bits per heavy atom. The lowest BCUT2D eigenvalue weighted by atomic mass is 9.85. The van der Waals surface area contributed by atoms with E-state index in [0.29, 0.717) is 12.2 Å². The van der Waals surface area contributed by atoms with Gasteiger partial charge in [-0.2, -0.15) is 0 Å². The standard InChI is InChI=1S/C16H23N3O3/c1-5-12-6-7-13(22-12)14(16(2,3)4)18-15(20)17-10-11-8-9-21-19-11/h6-9,14H,5,10H2,1-4H3,(H2,17,18,20)/t14-/m0/s1. The average Bonchev–Trinajstić information content (AvgIpc) is 3.12. The van der Waals surface area contributed by atoms with E-state index in [1.165, 1.54) is 6.26 Å². The zero-order valence-corrected chi connectivity index (χ0v) is 13.5. The fourth-order valence-corrected chi connectivity index (χ4v) is 2.14. The third kappa shape index (κ3) is 4.13. The van der Waals surface area contributed by atoms with E-state index in [9.17, 15) is 4.79 Å². The Hall–Kier alpha value is -2.24. The molecule has 1 atom stereocenters. The van der Waals surface area contributed by atoms with Crippen LogP contribution in [0.1, 0.15) is 51.0 Å². The van der Waals surface area contributed by atoms with Crippen LogP contribution in [0.15, 0.2) is 33.4 Å². The Labute approximate surface area is 130 Å². The number of aromatic nitrogens is 1. The van der Waals surface area contributed by atoms with Crippen molar-refractivity contribution in [3.63, 3.8) is 0 Å². The Kier molecular flexibility index (Phi) is 4.90. The molecule has 6 nitrogen and oxygen atoms in total. The van der Waals surface area contributed by atoms with Crippen molar-refractivity contribution in [2.24, 2.45) is 5.41 Å². The number of furan rings is 1. The van der Waals surface area contributed by atoms with Crippen LogP contribution in [0.2, 0.25) is 0 Å². The molecule has 0 spiro atoms. The normalized spacial score (nSPS) is 12.9. The molecule has 0 bridgehead atoms. The fraction of sp³-hybridized carbons (Fsp3) is 0.500. The lowest BCUT2D eigenvalue weighted by Gasteiger charge is -2.29. The maximum absolute atomic E-state index is 12.1. The first-order valence-electron chi connectivity index (χ1n) is 7.42. The summed E-state index contributed by atoms with van der Waals surface area (Å²) in [6.07, 6.45) is 2.30. The molecule has 0 aliphatic carbocycles. The van der Waals surface area contributed by atoms with E-state index in [2.05, 4.69) is 36.6 Å². The van der Waals surface area contributed by atoms with Gasteiger partial charge >= 0.3 is 6.03 Å². The summed E-state index contributed by atoms with van der Waals surface area (Å²) in [5, 5.41) is 9.49. The highest BCUT2D eigenvalue weighted by Gasteiger charge is 2.30. The summed E-state index contributed by atoms with van der Waals surface area (Å²) in [6.45, 7) is 8.53. The molecule has 120 valence electrons. The molecule has 2 aromatic heterocycles. The molecule has 0 aliphatic heterocycles. The van der Waals surface area contributed by atoms with Gasteiger partial charge in [0.05, 0.1) is 12.6 Å². The van der Waals surface area contributed by atoms with Gasteiger partial charge in [-0.05, 0) is 17.5 Å². The third-order valence-corrected chi connectivity index (χ3v) is 3.38. The summed E-state index contributed by atoms with van der Waals surface area (Å²) in [6, 6.07) is 5.10. The molecule has 2 heterocycles. The highest BCUT2D eigenvalue weighted by atomic mass is 16.5. The van der Waals surface area contributed by atoms with Crippen LogP contribution in [0.5, 0.6) is 0 Å². The summed E-state index contributed by atoms with van der Waals surface area (Å²) < 4.78 is 10.5. The second-order valence-corrected chi connectivity index (χ2v) is 6.27. The van der Waals surface area contributed by atoms with Crippen molar-refractivity contribution in [2.75, 3.05) is 0 Å². The van der Waals surface area contributed by atoms with Crippen LogP contribution in [0.25, 0.3) is 0 Å². The van der Waals surface area contributed by atoms with Gasteiger partial charge in [-0.15, -0.1) is 0 Å². The molecule has 0 fully saturated rings. The van der Waals surface area contributed by atoms with Gasteiger partial charge in [0, 0.05) is 12.5 Å². The Morgan fingerprint density at radius 2 is 2.09 bits per heavy atom. The first-order chi connectivity index (χ1) is 10.4. The number of carbonyl (C=O) groups is 1. The number of amides is 2. The lowest BCUT2D eigenvalue weighted by molar-refractivity contribution is 0.206. The number of carbonyl (C=O) groups excluding carboxylic acids is 1. The second-order valence-electron chi connectivity index (χ2n) is 6.27. The van der Waals surface area contributed by atoms with E-state index in [4.69, 9.17) is 8.94 Å². The van der Waals surface area contributed by atoms with Gasteiger partial charge in [-0.3, -0.25) is 0 Å². The van der Waals surface area contributed by atoms with Gasteiger partial charge in [0.15, 0.2) is 0 Å². The van der Waals surface area contributed by atoms with Gasteiger partial charge in [-0.1, -0.05) is 32.9 Å². The molecule has 6 heteroatoms. The van der Waals surface area contributed by atoms with Crippen molar-refractivity contribution in [1.82, 2.24) is 15.8 Å². The molecule has 2 amide bonds. The first kappa shape index (κ1) is 16.1. The molecule has 0 saturated heterocycles. The van der Waals surface area contributed by atoms with Crippen molar-refractivity contribution in [1.29, 1.82) is 0 Å². The van der Waals surface area contributed by atoms with E-state index in [0.717, 1.165) is 17.9 Å². The summed E-state index contributed by atoms with van der Waals surface area (Å²) >= 11 is 0. The number of rotatable bonds is 5. The smallest absolute Gasteiger partial charge is 0.315 e. The van der Waals surface area contributed by atoms with E-state index < -0.39 is 0 Å². The zero-order valence-electron chi connectivity index (χ0n) is 13.5. The first-order valence-corrected chi connectivity index (χ1v) is 7.42. The molecular formula is C16H23N3O3. The summed E-state index contributed by atoms with van der Waals surface area (Å²) in [5.74, 6) is 1.68. The summed E-state index contributed by atoms with van der Waals surface area (Å²) in [5.41, 5.74) is 0.502. The zero-order chi connectivity index (χ0) is 16.2. The average molecular weight is 305 g/mol. The van der Waals surface area contributed by atoms with Crippen molar-refractivity contribution in [3.8, 4) is 0 Å². The number of aryl methyl sites for hydroxylation is 1. The number of hydrogen-bond donors (Lipinski definition) is 2. The topological polar surface area (TPSA) is 80.3 Å². The molecule has 2 aromatic rings. The maximum atomic E-state index is 12.1. The minimum atomic E-state index is -0.266. The predicted molar refractivity (Wildman–Crippen MR) is 82.2 cm³/mol. The molecule has 0 aromatic carbocycles. The number of nitrogens with zero attached hydrogens (tertiary/aromatic N) is 1. The predicted octanol–water partition coefficient (Wildman–Crippen LogP) is 3.42. The Morgan fingerprint density at radius 3 is 2.64 bits per heavy atom. The summed E-state index contributed by atoms with van der Waals surface area (Å²) in [4.78, 5) is 12.1. The quantitative estimate of drug-likeness (QED) is 0.887. The molecule has 0 saturated carbocycles. The highest BCUT2D eigenvalue weighted by molar-refractivity contribution is 5.74. The van der Waals surface area contributed by atoms with Crippen LogP contribution >= 0.6 is 0 Å². The molecule has 0 radical (unpaired) electrons. The highest BCUT2D eigenvalue weighted by Crippen LogP contribution is 2.33. The van der Waals surface area contributed by atoms with E-state index in [1.54, 1.807) is 6.07 Å². The molecule has 2 rings (SSSR count). The van der Waals surface area contributed by atoms with E-state index >= 15 is 0 Å². The molecular weight excluding hydrogens is 282 g/mol. The molecule has 0 unspecified atom stereocenters. The van der Waals surface area contributed by atoms with Crippen LogP contribution in [0.4, 0.5) is 4.79 Å². The molecule has 22 heavy (non-hydrogen) atoms. The second kappa shape index (κ2) is 6.68. The van der Waals surface area contributed by atoms with Crippen molar-refractivity contribution in [2.45, 2.75) is 46.7 Å². The van der Waals surface area contributed by atoms with Gasteiger partial charge in [-0.25, -0.2) is 4.79 Å². The van der Waals surface area contributed by atoms with Gasteiger partial charge < -0.3 is 19.6 Å². The minimum Gasteiger partial charge on any atom is -0.464 e. The van der Waals surface area contributed by atoms with Gasteiger partial charge in [0.2, 0.25) is 0 Å². The SMILES string of the molecule is CCc1ccc([C@H](NC(=O)NCc2ccon2)C(C)(C)C)o1. The van der Waals surface area contributed by atoms with Crippen LogP contribution in [-0.4, -0.2) is 11.2 Å². The van der Waals surface area contributed by atoms with Crippen molar-refractivity contribution in [3.05, 3.63) is 41.7 Å². The largest absolute Gasteiger partial charge is 0.464 e. The van der Waals surface area contributed by atoms with Crippen LogP contribution in [0, 0.1) is 5.41 Å². The number of hydrogen-bond acceptors (Lipinski definition) is 4. The number of nitrogens with one attached hydrogen (secondary N) is 2. The monoisotopic (exact) mass is 305 g/mol. The van der Waals surface area contributed by atoms with Crippen molar-refractivity contribution >= 4 is 6.03 Å². The maximum Gasteiger partial charge on any atom is 0.315 e. The molecule has 2 N–H and O–H groups in total. The number of urea groups is 1. The van der Waals surface area contributed by atoms with E-state index in [-0.39, 0.29) is 17.5 Å². The molecule has 0 aliphatic rings. The van der Waals surface area contributed by atoms with Crippen LogP contribution < -0.4 is 10.6 Å². The lowest BCUT2D eigenvalue weighted by Crippen LogP contribution is -2.42.